The van der Waals surface area contributed by atoms with Crippen molar-refractivity contribution in [2.75, 3.05) is 12.4 Å². The van der Waals surface area contributed by atoms with Crippen molar-refractivity contribution in [3.63, 3.8) is 0 Å². The molecule has 0 bridgehead atoms. The first kappa shape index (κ1) is 18.4. The highest BCUT2D eigenvalue weighted by Gasteiger charge is 2.23. The highest BCUT2D eigenvalue weighted by molar-refractivity contribution is 6.02. The number of hydrogen-bond acceptors (Lipinski definition) is 5. The zero-order valence-corrected chi connectivity index (χ0v) is 13.9. The first-order chi connectivity index (χ1) is 10.5. The minimum absolute atomic E-state index is 0.108. The van der Waals surface area contributed by atoms with Crippen molar-refractivity contribution < 1.29 is 14.5 Å². The number of hydrogen-bond donors (Lipinski definition) is 3. The van der Waals surface area contributed by atoms with Gasteiger partial charge in [-0.1, -0.05) is 0 Å². The molecule has 0 saturated heterocycles. The van der Waals surface area contributed by atoms with E-state index in [-0.39, 0.29) is 17.2 Å². The van der Waals surface area contributed by atoms with Crippen LogP contribution < -0.4 is 16.0 Å². The molecule has 0 spiro atoms. The molecule has 1 aromatic rings. The number of nitro groups is 1. The van der Waals surface area contributed by atoms with E-state index in [1.165, 1.54) is 18.2 Å². The largest absolute Gasteiger partial charge is 0.387 e. The molecule has 126 valence electrons. The van der Waals surface area contributed by atoms with Gasteiger partial charge in [0.1, 0.15) is 6.04 Å². The van der Waals surface area contributed by atoms with Gasteiger partial charge in [0, 0.05) is 30.4 Å². The molecular weight excluding hydrogens is 300 g/mol. The van der Waals surface area contributed by atoms with E-state index in [0.717, 1.165) is 0 Å². The molecule has 2 amide bonds. The molecule has 0 radical (unpaired) electrons. The molecule has 0 saturated carbocycles. The third-order valence-electron chi connectivity index (χ3n) is 2.97. The second-order valence-electron chi connectivity index (χ2n) is 6.17. The first-order valence-electron chi connectivity index (χ1n) is 7.14. The molecule has 3 N–H and O–H groups in total. The first-order valence-corrected chi connectivity index (χ1v) is 7.14. The fraction of sp³-hybridized carbons (Fsp3) is 0.467. The zero-order valence-electron chi connectivity index (χ0n) is 13.9. The second kappa shape index (κ2) is 7.08. The highest BCUT2D eigenvalue weighted by Crippen LogP contribution is 2.21. The minimum Gasteiger partial charge on any atom is -0.387 e. The van der Waals surface area contributed by atoms with E-state index in [0.29, 0.717) is 5.69 Å². The van der Waals surface area contributed by atoms with Gasteiger partial charge in [-0.15, -0.1) is 0 Å². The van der Waals surface area contributed by atoms with E-state index in [1.54, 1.807) is 14.0 Å². The monoisotopic (exact) mass is 322 g/mol. The van der Waals surface area contributed by atoms with Gasteiger partial charge in [0.05, 0.1) is 10.5 Å². The summed E-state index contributed by atoms with van der Waals surface area (Å²) in [6.45, 7) is 7.05. The zero-order chi connectivity index (χ0) is 17.8. The van der Waals surface area contributed by atoms with Crippen molar-refractivity contribution >= 4 is 23.2 Å². The van der Waals surface area contributed by atoms with Crippen LogP contribution in [0.25, 0.3) is 0 Å². The summed E-state index contributed by atoms with van der Waals surface area (Å²) < 4.78 is 0. The summed E-state index contributed by atoms with van der Waals surface area (Å²) in [7, 11) is 1.60. The molecule has 1 atom stereocenters. The summed E-state index contributed by atoms with van der Waals surface area (Å²) in [6, 6.07) is 3.16. The molecule has 0 heterocycles. The summed E-state index contributed by atoms with van der Waals surface area (Å²) in [6.07, 6.45) is 0. The minimum atomic E-state index is -0.773. The van der Waals surface area contributed by atoms with Crippen LogP contribution in [0, 0.1) is 10.1 Å². The van der Waals surface area contributed by atoms with Crippen molar-refractivity contribution in [3.8, 4) is 0 Å². The van der Waals surface area contributed by atoms with E-state index in [1.807, 2.05) is 20.8 Å². The molecule has 0 aromatic heterocycles. The second-order valence-corrected chi connectivity index (χ2v) is 6.17. The average molecular weight is 322 g/mol. The van der Waals surface area contributed by atoms with Gasteiger partial charge in [0.2, 0.25) is 5.91 Å². The number of benzene rings is 1. The summed E-state index contributed by atoms with van der Waals surface area (Å²) in [4.78, 5) is 34.6. The number of nitro benzene ring substituents is 1. The van der Waals surface area contributed by atoms with Crippen LogP contribution in [0.4, 0.5) is 11.4 Å². The molecule has 0 aliphatic carbocycles. The quantitative estimate of drug-likeness (QED) is 0.563. The van der Waals surface area contributed by atoms with Gasteiger partial charge >= 0.3 is 0 Å². The number of amides is 2. The number of carbonyl (C=O) groups excluding carboxylic acids is 2. The van der Waals surface area contributed by atoms with Crippen molar-refractivity contribution in [3.05, 3.63) is 33.9 Å². The molecule has 23 heavy (non-hydrogen) atoms. The van der Waals surface area contributed by atoms with Crippen molar-refractivity contribution in [2.24, 2.45) is 0 Å². The van der Waals surface area contributed by atoms with Gasteiger partial charge in [0.25, 0.3) is 11.6 Å². The molecule has 1 rings (SSSR count). The normalized spacial score (nSPS) is 12.2. The van der Waals surface area contributed by atoms with Gasteiger partial charge in [-0.05, 0) is 33.8 Å². The Morgan fingerprint density at radius 1 is 1.26 bits per heavy atom. The molecular formula is C15H22N4O4. The molecule has 8 heteroatoms. The summed E-state index contributed by atoms with van der Waals surface area (Å²) in [5.74, 6) is -0.892. The summed E-state index contributed by atoms with van der Waals surface area (Å²) in [5, 5.41) is 19.0. The van der Waals surface area contributed by atoms with Crippen LogP contribution in [0.5, 0.6) is 0 Å². The summed E-state index contributed by atoms with van der Waals surface area (Å²) >= 11 is 0. The SMILES string of the molecule is CNc1ccc([N+](=O)[O-])cc1C(=O)N[C@H](C)C(=O)NC(C)(C)C. The van der Waals surface area contributed by atoms with Gasteiger partial charge in [-0.25, -0.2) is 0 Å². The predicted octanol–water partition coefficient (Wildman–Crippen LogP) is 1.67. The molecule has 0 fully saturated rings. The molecule has 8 nitrogen and oxygen atoms in total. The standard InChI is InChI=1S/C15H22N4O4/c1-9(13(20)18-15(2,3)4)17-14(21)11-8-10(19(22)23)6-7-12(11)16-5/h6-9,16H,1-5H3,(H,17,21)(H,18,20)/t9-/m1/s1. The number of anilines is 1. The van der Waals surface area contributed by atoms with Crippen LogP contribution in [0.2, 0.25) is 0 Å². The molecule has 1 aromatic carbocycles. The Labute approximate surface area is 134 Å². The molecule has 0 unspecified atom stereocenters. The van der Waals surface area contributed by atoms with Crippen LogP contribution in [0.3, 0.4) is 0 Å². The Balaban J connectivity index is 2.94. The van der Waals surface area contributed by atoms with Crippen LogP contribution in [0.1, 0.15) is 38.1 Å². The molecule has 0 aliphatic rings. The van der Waals surface area contributed by atoms with E-state index in [2.05, 4.69) is 16.0 Å². The highest BCUT2D eigenvalue weighted by atomic mass is 16.6. The number of nitrogens with zero attached hydrogens (tertiary/aromatic N) is 1. The Morgan fingerprint density at radius 3 is 2.35 bits per heavy atom. The Hall–Kier alpha value is -2.64. The van der Waals surface area contributed by atoms with E-state index in [4.69, 9.17) is 0 Å². The third kappa shape index (κ3) is 5.24. The van der Waals surface area contributed by atoms with Crippen LogP contribution in [0.15, 0.2) is 18.2 Å². The lowest BCUT2D eigenvalue weighted by Crippen LogP contribution is -2.50. The lowest BCUT2D eigenvalue weighted by molar-refractivity contribution is -0.384. The Bertz CT molecular complexity index is 622. The van der Waals surface area contributed by atoms with Gasteiger partial charge < -0.3 is 16.0 Å². The number of rotatable bonds is 5. The number of nitrogens with one attached hydrogen (secondary N) is 3. The van der Waals surface area contributed by atoms with Crippen LogP contribution in [-0.4, -0.2) is 35.4 Å². The lowest BCUT2D eigenvalue weighted by atomic mass is 10.1. The van der Waals surface area contributed by atoms with Crippen molar-refractivity contribution in [2.45, 2.75) is 39.3 Å². The van der Waals surface area contributed by atoms with Crippen molar-refractivity contribution in [1.29, 1.82) is 0 Å². The fourth-order valence-corrected chi connectivity index (χ4v) is 1.87. The van der Waals surface area contributed by atoms with Crippen LogP contribution in [-0.2, 0) is 4.79 Å². The Kier molecular flexibility index (Phi) is 5.67. The maximum Gasteiger partial charge on any atom is 0.270 e. The fourth-order valence-electron chi connectivity index (χ4n) is 1.87. The van der Waals surface area contributed by atoms with Crippen molar-refractivity contribution in [1.82, 2.24) is 10.6 Å². The Morgan fingerprint density at radius 2 is 1.87 bits per heavy atom. The lowest BCUT2D eigenvalue weighted by Gasteiger charge is -2.23. The van der Waals surface area contributed by atoms with Crippen LogP contribution >= 0.6 is 0 Å². The van der Waals surface area contributed by atoms with E-state index < -0.39 is 22.4 Å². The van der Waals surface area contributed by atoms with Gasteiger partial charge in [0.15, 0.2) is 0 Å². The number of carbonyl (C=O) groups is 2. The summed E-state index contributed by atoms with van der Waals surface area (Å²) in [5.41, 5.74) is -0.0628. The topological polar surface area (TPSA) is 113 Å². The van der Waals surface area contributed by atoms with Gasteiger partial charge in [-0.2, -0.15) is 0 Å². The predicted molar refractivity (Wildman–Crippen MR) is 87.5 cm³/mol. The molecule has 0 aliphatic heterocycles. The van der Waals surface area contributed by atoms with E-state index >= 15 is 0 Å². The maximum atomic E-state index is 12.3. The van der Waals surface area contributed by atoms with E-state index in [9.17, 15) is 19.7 Å². The maximum absolute atomic E-state index is 12.3. The number of non-ortho nitro benzene ring substituents is 1. The van der Waals surface area contributed by atoms with Gasteiger partial charge in [-0.3, -0.25) is 19.7 Å². The average Bonchev–Trinajstić information content (AvgIpc) is 2.44. The smallest absolute Gasteiger partial charge is 0.270 e. The third-order valence-corrected chi connectivity index (χ3v) is 2.97.